The minimum atomic E-state index is -0.394. The Bertz CT molecular complexity index is 235. The van der Waals surface area contributed by atoms with Gasteiger partial charge in [-0.05, 0) is 6.92 Å². The molecule has 74 valence electrons. The van der Waals surface area contributed by atoms with Crippen molar-refractivity contribution >= 4 is 5.97 Å². The molecule has 0 bridgehead atoms. The molecule has 13 heavy (non-hydrogen) atoms. The molecule has 0 amide bonds. The number of ether oxygens (including phenoxy) is 1. The van der Waals surface area contributed by atoms with Crippen molar-refractivity contribution in [1.29, 1.82) is 0 Å². The van der Waals surface area contributed by atoms with Crippen LogP contribution < -0.4 is 5.32 Å². The fourth-order valence-corrected chi connectivity index (χ4v) is 1.42. The van der Waals surface area contributed by atoms with Gasteiger partial charge >= 0.3 is 5.97 Å². The van der Waals surface area contributed by atoms with Crippen molar-refractivity contribution in [3.8, 4) is 0 Å². The molecule has 0 aromatic carbocycles. The Morgan fingerprint density at radius 1 is 1.77 bits per heavy atom. The number of hydrogen-bond acceptors (Lipinski definition) is 4. The van der Waals surface area contributed by atoms with Gasteiger partial charge in [-0.2, -0.15) is 0 Å². The molecule has 0 radical (unpaired) electrons. The summed E-state index contributed by atoms with van der Waals surface area (Å²) in [4.78, 5) is 11.4. The van der Waals surface area contributed by atoms with E-state index in [-0.39, 0.29) is 11.7 Å². The number of carbonyl (C=O) groups is 1. The fraction of sp³-hybridized carbons (Fsp3) is 0.667. The number of rotatable bonds is 2. The minimum absolute atomic E-state index is 0.0211. The molecule has 4 nitrogen and oxygen atoms in total. The highest BCUT2D eigenvalue weighted by atomic mass is 16.5. The molecule has 1 aliphatic heterocycles. The fourth-order valence-electron chi connectivity index (χ4n) is 1.42. The van der Waals surface area contributed by atoms with Crippen molar-refractivity contribution in [2.75, 3.05) is 19.7 Å². The summed E-state index contributed by atoms with van der Waals surface area (Å²) in [6, 6.07) is 0. The second kappa shape index (κ2) is 4.28. The first-order chi connectivity index (χ1) is 6.16. The maximum atomic E-state index is 11.4. The number of hydrogen-bond donors (Lipinski definition) is 2. The van der Waals surface area contributed by atoms with Gasteiger partial charge in [-0.25, -0.2) is 4.79 Å². The van der Waals surface area contributed by atoms with Gasteiger partial charge in [0.05, 0.1) is 18.7 Å². The van der Waals surface area contributed by atoms with E-state index in [1.165, 1.54) is 0 Å². The van der Waals surface area contributed by atoms with Crippen molar-refractivity contribution in [3.05, 3.63) is 11.3 Å². The molecule has 0 aromatic rings. The summed E-state index contributed by atoms with van der Waals surface area (Å²) in [6.07, 6.45) is 0. The van der Waals surface area contributed by atoms with Crippen molar-refractivity contribution in [1.82, 2.24) is 5.32 Å². The summed E-state index contributed by atoms with van der Waals surface area (Å²) in [6.45, 7) is 5.04. The highest BCUT2D eigenvalue weighted by Gasteiger charge is 2.25. The Balaban J connectivity index is 2.78. The van der Waals surface area contributed by atoms with E-state index in [9.17, 15) is 9.90 Å². The van der Waals surface area contributed by atoms with Crippen LogP contribution in [0.1, 0.15) is 13.8 Å². The van der Waals surface area contributed by atoms with Gasteiger partial charge < -0.3 is 15.2 Å². The largest absolute Gasteiger partial charge is 0.510 e. The first kappa shape index (κ1) is 10.1. The third-order valence-corrected chi connectivity index (χ3v) is 2.04. The second-order valence-electron chi connectivity index (χ2n) is 3.11. The zero-order valence-corrected chi connectivity index (χ0v) is 7.96. The molecule has 1 heterocycles. The van der Waals surface area contributed by atoms with Crippen LogP contribution in [0, 0.1) is 5.92 Å². The number of carbonyl (C=O) groups excluding carboxylic acids is 1. The van der Waals surface area contributed by atoms with Crippen LogP contribution in [0.25, 0.3) is 0 Å². The van der Waals surface area contributed by atoms with Crippen molar-refractivity contribution < 1.29 is 14.6 Å². The molecule has 1 rings (SSSR count). The minimum Gasteiger partial charge on any atom is -0.510 e. The molecule has 1 unspecified atom stereocenters. The molecule has 0 fully saturated rings. The zero-order valence-electron chi connectivity index (χ0n) is 7.96. The van der Waals surface area contributed by atoms with Gasteiger partial charge in [-0.3, -0.25) is 0 Å². The van der Waals surface area contributed by atoms with Gasteiger partial charge in [0, 0.05) is 12.5 Å². The number of nitrogens with one attached hydrogen (secondary N) is 1. The van der Waals surface area contributed by atoms with E-state index in [0.717, 1.165) is 0 Å². The summed E-state index contributed by atoms with van der Waals surface area (Å²) >= 11 is 0. The van der Waals surface area contributed by atoms with E-state index >= 15 is 0 Å². The summed E-state index contributed by atoms with van der Waals surface area (Å²) in [5, 5.41) is 12.4. The molecule has 2 N–H and O–H groups in total. The van der Waals surface area contributed by atoms with Gasteiger partial charge in [0.2, 0.25) is 0 Å². The van der Waals surface area contributed by atoms with Gasteiger partial charge in [-0.1, -0.05) is 6.92 Å². The molecule has 0 spiro atoms. The van der Waals surface area contributed by atoms with Crippen LogP contribution in [-0.2, 0) is 9.53 Å². The lowest BCUT2D eigenvalue weighted by Gasteiger charge is -2.22. The van der Waals surface area contributed by atoms with Crippen LogP contribution >= 0.6 is 0 Å². The van der Waals surface area contributed by atoms with Crippen LogP contribution in [0.5, 0.6) is 0 Å². The first-order valence-electron chi connectivity index (χ1n) is 4.46. The standard InChI is InChI=1S/C9H15NO3/c1-3-13-9(12)8-6(2)4-10-5-7(8)11/h6,10-11H,3-5H2,1-2H3. The smallest absolute Gasteiger partial charge is 0.337 e. The van der Waals surface area contributed by atoms with Gasteiger partial charge in [0.1, 0.15) is 5.76 Å². The molecule has 0 aromatic heterocycles. The van der Waals surface area contributed by atoms with E-state index in [0.29, 0.717) is 25.3 Å². The SMILES string of the molecule is CCOC(=O)C1=C(O)CNCC1C. The Morgan fingerprint density at radius 3 is 3.00 bits per heavy atom. The molecule has 1 aliphatic rings. The zero-order chi connectivity index (χ0) is 9.84. The molecule has 0 saturated carbocycles. The predicted octanol–water partition coefficient (Wildman–Crippen LogP) is 0.601. The molecular formula is C9H15NO3. The summed E-state index contributed by atoms with van der Waals surface area (Å²) in [5.74, 6) is -0.265. The maximum Gasteiger partial charge on any atom is 0.337 e. The third-order valence-electron chi connectivity index (χ3n) is 2.04. The van der Waals surface area contributed by atoms with Gasteiger partial charge in [0.25, 0.3) is 0 Å². The van der Waals surface area contributed by atoms with E-state index in [1.807, 2.05) is 6.92 Å². The average Bonchev–Trinajstić information content (AvgIpc) is 2.04. The van der Waals surface area contributed by atoms with Crippen LogP contribution in [0.4, 0.5) is 0 Å². The van der Waals surface area contributed by atoms with E-state index in [1.54, 1.807) is 6.92 Å². The van der Waals surface area contributed by atoms with Crippen molar-refractivity contribution in [2.45, 2.75) is 13.8 Å². The van der Waals surface area contributed by atoms with Gasteiger partial charge in [-0.15, -0.1) is 0 Å². The third kappa shape index (κ3) is 2.21. The summed E-state index contributed by atoms with van der Waals surface area (Å²) < 4.78 is 4.84. The van der Waals surface area contributed by atoms with Gasteiger partial charge in [0.15, 0.2) is 0 Å². The Morgan fingerprint density at radius 2 is 2.46 bits per heavy atom. The molecule has 4 heteroatoms. The Kier molecular flexibility index (Phi) is 3.31. The van der Waals surface area contributed by atoms with E-state index < -0.39 is 5.97 Å². The Labute approximate surface area is 77.6 Å². The maximum absolute atomic E-state index is 11.4. The lowest BCUT2D eigenvalue weighted by molar-refractivity contribution is -0.139. The number of esters is 1. The predicted molar refractivity (Wildman–Crippen MR) is 48.3 cm³/mol. The van der Waals surface area contributed by atoms with Crippen LogP contribution in [0.3, 0.4) is 0 Å². The first-order valence-corrected chi connectivity index (χ1v) is 4.46. The average molecular weight is 185 g/mol. The van der Waals surface area contributed by atoms with Crippen molar-refractivity contribution in [2.24, 2.45) is 5.92 Å². The van der Waals surface area contributed by atoms with Crippen LogP contribution in [0.15, 0.2) is 11.3 Å². The summed E-state index contributed by atoms with van der Waals surface area (Å²) in [7, 11) is 0. The number of aliphatic hydroxyl groups excluding tert-OH is 1. The Hall–Kier alpha value is -1.03. The van der Waals surface area contributed by atoms with Crippen LogP contribution in [0.2, 0.25) is 0 Å². The summed E-state index contributed by atoms with van der Waals surface area (Å²) in [5.41, 5.74) is 0.417. The van der Waals surface area contributed by atoms with E-state index in [4.69, 9.17) is 4.74 Å². The number of aliphatic hydroxyl groups is 1. The monoisotopic (exact) mass is 185 g/mol. The molecule has 1 atom stereocenters. The molecule has 0 aliphatic carbocycles. The highest BCUT2D eigenvalue weighted by molar-refractivity contribution is 5.89. The van der Waals surface area contributed by atoms with E-state index in [2.05, 4.69) is 5.32 Å². The lowest BCUT2D eigenvalue weighted by atomic mass is 9.97. The van der Waals surface area contributed by atoms with Crippen molar-refractivity contribution in [3.63, 3.8) is 0 Å². The normalized spacial score (nSPS) is 23.1. The topological polar surface area (TPSA) is 58.6 Å². The highest BCUT2D eigenvalue weighted by Crippen LogP contribution is 2.18. The quantitative estimate of drug-likeness (QED) is 0.618. The van der Waals surface area contributed by atoms with Crippen LogP contribution in [-0.4, -0.2) is 30.8 Å². The molecular weight excluding hydrogens is 170 g/mol. The molecule has 0 saturated heterocycles. The lowest BCUT2D eigenvalue weighted by Crippen LogP contribution is -2.34. The second-order valence-corrected chi connectivity index (χ2v) is 3.11.